The Labute approximate surface area is 209 Å². The Hall–Kier alpha value is -3.15. The van der Waals surface area contributed by atoms with Crippen LogP contribution in [0, 0.1) is 0 Å². The number of rotatable bonds is 7. The van der Waals surface area contributed by atoms with Crippen LogP contribution in [0.2, 0.25) is 5.02 Å². The van der Waals surface area contributed by atoms with E-state index in [0.29, 0.717) is 48.2 Å². The van der Waals surface area contributed by atoms with Gasteiger partial charge in [0.1, 0.15) is 5.75 Å². The van der Waals surface area contributed by atoms with Crippen molar-refractivity contribution in [1.29, 1.82) is 0 Å². The SMILES string of the molecule is COc1ccc([C@@H]2CN(Cc3ccn(S(C)(=O)=O)n3)CC[C@H]2NC(=O)Nc2ccc(Cl)cc2)nc1. The van der Waals surface area contributed by atoms with E-state index >= 15 is 0 Å². The molecule has 3 heterocycles. The largest absolute Gasteiger partial charge is 0.495 e. The Kier molecular flexibility index (Phi) is 7.58. The quantitative estimate of drug-likeness (QED) is 0.493. The third kappa shape index (κ3) is 6.50. The van der Waals surface area contributed by atoms with Gasteiger partial charge in [0.25, 0.3) is 10.0 Å². The van der Waals surface area contributed by atoms with Crippen molar-refractivity contribution in [1.82, 2.24) is 24.4 Å². The molecule has 10 nitrogen and oxygen atoms in total. The fourth-order valence-electron chi connectivity index (χ4n) is 4.08. The van der Waals surface area contributed by atoms with Crippen molar-refractivity contribution in [3.63, 3.8) is 0 Å². The maximum Gasteiger partial charge on any atom is 0.319 e. The number of nitrogens with one attached hydrogen (secondary N) is 2. The monoisotopic (exact) mass is 518 g/mol. The van der Waals surface area contributed by atoms with E-state index in [1.165, 1.54) is 6.20 Å². The minimum Gasteiger partial charge on any atom is -0.495 e. The molecule has 1 aromatic carbocycles. The van der Waals surface area contributed by atoms with Gasteiger partial charge in [-0.1, -0.05) is 11.6 Å². The molecule has 2 amide bonds. The van der Waals surface area contributed by atoms with Crippen molar-refractivity contribution in [2.24, 2.45) is 0 Å². The number of carbonyl (C=O) groups is 1. The molecule has 0 spiro atoms. The van der Waals surface area contributed by atoms with Gasteiger partial charge in [0, 0.05) is 54.2 Å². The lowest BCUT2D eigenvalue weighted by atomic mass is 9.88. The molecule has 0 unspecified atom stereocenters. The minimum absolute atomic E-state index is 0.0948. The van der Waals surface area contributed by atoms with E-state index in [-0.39, 0.29) is 18.0 Å². The van der Waals surface area contributed by atoms with Crippen LogP contribution in [0.1, 0.15) is 23.7 Å². The van der Waals surface area contributed by atoms with Crippen molar-refractivity contribution < 1.29 is 17.9 Å². The van der Waals surface area contributed by atoms with Crippen molar-refractivity contribution >= 4 is 33.3 Å². The predicted octanol–water partition coefficient (Wildman–Crippen LogP) is 2.93. The van der Waals surface area contributed by atoms with E-state index in [1.54, 1.807) is 43.6 Å². The molecule has 35 heavy (non-hydrogen) atoms. The molecule has 1 aliphatic heterocycles. The van der Waals surface area contributed by atoms with Gasteiger partial charge in [0.2, 0.25) is 0 Å². The Balaban J connectivity index is 1.48. The number of aromatic nitrogens is 3. The number of nitrogens with zero attached hydrogens (tertiary/aromatic N) is 4. The lowest BCUT2D eigenvalue weighted by Crippen LogP contribution is -2.50. The first-order chi connectivity index (χ1) is 16.7. The molecule has 4 rings (SSSR count). The summed E-state index contributed by atoms with van der Waals surface area (Å²) in [5.41, 5.74) is 2.13. The van der Waals surface area contributed by atoms with E-state index in [0.717, 1.165) is 16.0 Å². The highest BCUT2D eigenvalue weighted by atomic mass is 35.5. The van der Waals surface area contributed by atoms with E-state index < -0.39 is 10.0 Å². The topological polar surface area (TPSA) is 118 Å². The molecular weight excluding hydrogens is 492 g/mol. The molecule has 0 radical (unpaired) electrons. The molecule has 1 saturated heterocycles. The van der Waals surface area contributed by atoms with Crippen LogP contribution in [-0.2, 0) is 16.6 Å². The van der Waals surface area contributed by atoms with E-state index in [9.17, 15) is 13.2 Å². The van der Waals surface area contributed by atoms with Crippen LogP contribution in [0.5, 0.6) is 5.75 Å². The summed E-state index contributed by atoms with van der Waals surface area (Å²) in [6.07, 6.45) is 4.90. The second-order valence-electron chi connectivity index (χ2n) is 8.41. The summed E-state index contributed by atoms with van der Waals surface area (Å²) in [6.45, 7) is 1.79. The van der Waals surface area contributed by atoms with Gasteiger partial charge in [0.15, 0.2) is 0 Å². The third-order valence-electron chi connectivity index (χ3n) is 5.84. The Morgan fingerprint density at radius 2 is 1.97 bits per heavy atom. The van der Waals surface area contributed by atoms with Gasteiger partial charge >= 0.3 is 6.03 Å². The number of anilines is 1. The number of halogens is 1. The molecule has 1 aliphatic rings. The van der Waals surface area contributed by atoms with Gasteiger partial charge in [-0.25, -0.2) is 13.2 Å². The van der Waals surface area contributed by atoms with E-state index in [2.05, 4.69) is 25.6 Å². The zero-order valence-electron chi connectivity index (χ0n) is 19.4. The smallest absolute Gasteiger partial charge is 0.319 e. The summed E-state index contributed by atoms with van der Waals surface area (Å²) >= 11 is 5.92. The molecular formula is C23H27ClN6O4S. The average molecular weight is 519 g/mol. The van der Waals surface area contributed by atoms with Crippen LogP contribution in [0.15, 0.2) is 54.9 Å². The summed E-state index contributed by atoms with van der Waals surface area (Å²) in [5.74, 6) is 0.556. The number of carbonyl (C=O) groups excluding carboxylic acids is 1. The van der Waals surface area contributed by atoms with E-state index in [1.807, 2.05) is 12.1 Å². The maximum absolute atomic E-state index is 12.7. The van der Waals surface area contributed by atoms with Gasteiger partial charge in [-0.05, 0) is 48.9 Å². The molecule has 1 fully saturated rings. The van der Waals surface area contributed by atoms with Crippen molar-refractivity contribution in [3.05, 3.63) is 71.3 Å². The van der Waals surface area contributed by atoms with Gasteiger partial charge in [-0.15, -0.1) is 0 Å². The maximum atomic E-state index is 12.7. The third-order valence-corrected chi connectivity index (χ3v) is 6.97. The van der Waals surface area contributed by atoms with Crippen LogP contribution >= 0.6 is 11.6 Å². The number of ether oxygens (including phenoxy) is 1. The zero-order valence-corrected chi connectivity index (χ0v) is 21.0. The average Bonchev–Trinajstić information content (AvgIpc) is 3.31. The number of methoxy groups -OCH3 is 1. The van der Waals surface area contributed by atoms with Crippen LogP contribution in [-0.4, -0.2) is 66.0 Å². The van der Waals surface area contributed by atoms with Crippen LogP contribution in [0.3, 0.4) is 0 Å². The fourth-order valence-corrected chi connectivity index (χ4v) is 4.74. The highest BCUT2D eigenvalue weighted by Crippen LogP contribution is 2.28. The van der Waals surface area contributed by atoms with E-state index in [4.69, 9.17) is 16.3 Å². The number of piperidine rings is 1. The summed E-state index contributed by atoms with van der Waals surface area (Å²) in [4.78, 5) is 19.5. The molecule has 12 heteroatoms. The number of benzene rings is 1. The number of likely N-dealkylation sites (tertiary alicyclic amines) is 1. The van der Waals surface area contributed by atoms with Gasteiger partial charge in [-0.3, -0.25) is 9.88 Å². The molecule has 2 N–H and O–H groups in total. The summed E-state index contributed by atoms with van der Waals surface area (Å²) < 4.78 is 29.7. The molecule has 186 valence electrons. The Morgan fingerprint density at radius 1 is 1.20 bits per heavy atom. The van der Waals surface area contributed by atoms with Crippen LogP contribution < -0.4 is 15.4 Å². The molecule has 0 saturated carbocycles. The summed E-state index contributed by atoms with van der Waals surface area (Å²) in [6, 6.07) is 11.9. The summed E-state index contributed by atoms with van der Waals surface area (Å²) in [5, 5.41) is 10.7. The first kappa shape index (κ1) is 25.0. The molecule has 2 aromatic heterocycles. The molecule has 2 atom stereocenters. The van der Waals surface area contributed by atoms with Crippen molar-refractivity contribution in [2.45, 2.75) is 24.9 Å². The zero-order chi connectivity index (χ0) is 25.0. The first-order valence-electron chi connectivity index (χ1n) is 11.0. The second-order valence-corrected chi connectivity index (χ2v) is 10.7. The normalized spacial score (nSPS) is 18.7. The number of amides is 2. The molecule has 0 bridgehead atoms. The van der Waals surface area contributed by atoms with Gasteiger partial charge in [-0.2, -0.15) is 9.19 Å². The Bertz CT molecular complexity index is 1260. The van der Waals surface area contributed by atoms with Crippen LogP contribution in [0.4, 0.5) is 10.5 Å². The Morgan fingerprint density at radius 3 is 2.60 bits per heavy atom. The van der Waals surface area contributed by atoms with Crippen molar-refractivity contribution in [3.8, 4) is 5.75 Å². The lowest BCUT2D eigenvalue weighted by molar-refractivity contribution is 0.165. The first-order valence-corrected chi connectivity index (χ1v) is 13.2. The van der Waals surface area contributed by atoms with Gasteiger partial charge in [0.05, 0.1) is 25.3 Å². The predicted molar refractivity (Wildman–Crippen MR) is 133 cm³/mol. The fraction of sp³-hybridized carbons (Fsp3) is 0.348. The summed E-state index contributed by atoms with van der Waals surface area (Å²) in [7, 11) is -1.85. The number of urea groups is 1. The van der Waals surface area contributed by atoms with Crippen molar-refractivity contribution in [2.75, 3.05) is 31.8 Å². The van der Waals surface area contributed by atoms with Gasteiger partial charge < -0.3 is 15.4 Å². The highest BCUT2D eigenvalue weighted by molar-refractivity contribution is 7.89. The number of pyridine rings is 1. The molecule has 3 aromatic rings. The van der Waals surface area contributed by atoms with Crippen LogP contribution in [0.25, 0.3) is 0 Å². The molecule has 0 aliphatic carbocycles. The number of hydrogen-bond donors (Lipinski definition) is 2. The standard InChI is InChI=1S/C23H27ClN6O4S/c1-34-19-7-8-21(25-13-19)20-15-29(14-18-9-12-30(28-18)35(2,32)33)11-10-22(20)27-23(31)26-17-5-3-16(24)4-6-17/h3-9,12-13,20,22H,10-11,14-15H2,1-2H3,(H2,26,27,31)/t20-,22+/m0/s1. The number of hydrogen-bond acceptors (Lipinski definition) is 7. The lowest BCUT2D eigenvalue weighted by Gasteiger charge is -2.38. The second kappa shape index (κ2) is 10.6. The minimum atomic E-state index is -3.43. The highest BCUT2D eigenvalue weighted by Gasteiger charge is 2.33.